The van der Waals surface area contributed by atoms with Crippen LogP contribution in [0.5, 0.6) is 11.8 Å². The fraction of sp³-hybridized carbons (Fsp3) is 0.371. The molecule has 9 nitrogen and oxygen atoms in total. The van der Waals surface area contributed by atoms with E-state index < -0.39 is 11.7 Å². The number of likely N-dealkylation sites (N-methyl/N-ethyl adjacent to an activating group) is 1. The Bertz CT molecular complexity index is 1930. The number of hydrogen-bond acceptors (Lipinski definition) is 8. The number of carbonyl (C=O) groups excluding carboxylic acids is 1. The van der Waals surface area contributed by atoms with Gasteiger partial charge in [0, 0.05) is 55.3 Å². The molecule has 2 aliphatic heterocycles. The lowest BCUT2D eigenvalue weighted by molar-refractivity contribution is -0.137. The second kappa shape index (κ2) is 12.9. The second-order valence-electron chi connectivity index (χ2n) is 12.4. The van der Waals surface area contributed by atoms with Gasteiger partial charge in [-0.3, -0.25) is 4.79 Å². The highest BCUT2D eigenvalue weighted by Gasteiger charge is 2.38. The summed E-state index contributed by atoms with van der Waals surface area (Å²) in [7, 11) is 2.06. The molecule has 0 unspecified atom stereocenters. The summed E-state index contributed by atoms with van der Waals surface area (Å²) in [5.74, 6) is 0.916. The van der Waals surface area contributed by atoms with E-state index in [0.29, 0.717) is 47.7 Å². The monoisotopic (exact) mass is 679 g/mol. The van der Waals surface area contributed by atoms with Crippen LogP contribution in [0.2, 0.25) is 5.02 Å². The lowest BCUT2D eigenvalue weighted by Gasteiger charge is -2.40. The Morgan fingerprint density at radius 3 is 2.65 bits per heavy atom. The zero-order chi connectivity index (χ0) is 34.5. The highest BCUT2D eigenvalue weighted by atomic mass is 35.5. The molecule has 13 heteroatoms. The Morgan fingerprint density at radius 2 is 1.96 bits per heavy atom. The van der Waals surface area contributed by atoms with Crippen molar-refractivity contribution in [2.24, 2.45) is 0 Å². The first-order chi connectivity index (χ1) is 22.8. The molecule has 2 aromatic heterocycles. The van der Waals surface area contributed by atoms with Gasteiger partial charge in [-0.25, -0.2) is 4.98 Å². The number of carbonyl (C=O) groups is 1. The molecule has 0 saturated carbocycles. The van der Waals surface area contributed by atoms with Crippen molar-refractivity contribution in [2.45, 2.75) is 52.4 Å². The number of anilines is 2. The average Bonchev–Trinajstić information content (AvgIpc) is 3.02. The maximum absolute atomic E-state index is 14.5. The Balaban J connectivity index is 1.59. The number of ether oxygens (including phenoxy) is 1. The minimum atomic E-state index is -4.72. The van der Waals surface area contributed by atoms with Crippen LogP contribution in [0, 0.1) is 6.92 Å². The summed E-state index contributed by atoms with van der Waals surface area (Å²) in [5.41, 5.74) is 7.86. The molecule has 2 aromatic carbocycles. The quantitative estimate of drug-likeness (QED) is 0.222. The normalized spacial score (nSPS) is 17.0. The highest BCUT2D eigenvalue weighted by Crippen LogP contribution is 2.46. The van der Waals surface area contributed by atoms with Gasteiger partial charge in [0.05, 0.1) is 21.8 Å². The van der Waals surface area contributed by atoms with E-state index in [0.717, 1.165) is 30.6 Å². The molecule has 2 aliphatic rings. The first-order valence-corrected chi connectivity index (χ1v) is 16.2. The number of hydrogen-bond donors (Lipinski definition) is 1. The van der Waals surface area contributed by atoms with Gasteiger partial charge in [0.25, 0.3) is 0 Å². The average molecular weight is 680 g/mol. The van der Waals surface area contributed by atoms with Gasteiger partial charge in [0.2, 0.25) is 5.91 Å². The molecule has 1 amide bonds. The summed E-state index contributed by atoms with van der Waals surface area (Å²) in [6.45, 7) is 11.7. The van der Waals surface area contributed by atoms with Crippen molar-refractivity contribution in [2.75, 3.05) is 43.9 Å². The number of alkyl halides is 3. The third-order valence-corrected chi connectivity index (χ3v) is 9.41. The molecule has 1 fully saturated rings. The van der Waals surface area contributed by atoms with E-state index in [2.05, 4.69) is 34.5 Å². The van der Waals surface area contributed by atoms with Crippen LogP contribution in [0.4, 0.5) is 24.8 Å². The van der Waals surface area contributed by atoms with Gasteiger partial charge < -0.3 is 25.2 Å². The lowest BCUT2D eigenvalue weighted by Crippen LogP contribution is -2.53. The van der Waals surface area contributed by atoms with E-state index in [1.54, 1.807) is 11.0 Å². The first kappa shape index (κ1) is 33.5. The van der Waals surface area contributed by atoms with Crippen LogP contribution in [-0.4, -0.2) is 69.9 Å². The Morgan fingerprint density at radius 1 is 1.19 bits per heavy atom. The predicted molar refractivity (Wildman–Crippen MR) is 181 cm³/mol. The van der Waals surface area contributed by atoms with Crippen LogP contribution in [0.25, 0.3) is 22.2 Å². The molecule has 6 rings (SSSR count). The predicted octanol–water partition coefficient (Wildman–Crippen LogP) is 6.82. The van der Waals surface area contributed by atoms with Gasteiger partial charge in [-0.1, -0.05) is 37.2 Å². The molecule has 252 valence electrons. The Hall–Kier alpha value is -4.42. The minimum absolute atomic E-state index is 0.0531. The van der Waals surface area contributed by atoms with Crippen molar-refractivity contribution in [3.8, 4) is 23.0 Å². The van der Waals surface area contributed by atoms with Crippen LogP contribution >= 0.6 is 11.6 Å². The summed E-state index contributed by atoms with van der Waals surface area (Å²) < 4.78 is 50.0. The van der Waals surface area contributed by atoms with E-state index in [4.69, 9.17) is 32.0 Å². The highest BCUT2D eigenvalue weighted by molar-refractivity contribution is 6.34. The molecular weight excluding hydrogens is 643 g/mol. The van der Waals surface area contributed by atoms with E-state index >= 15 is 0 Å². The third kappa shape index (κ3) is 6.14. The van der Waals surface area contributed by atoms with Crippen LogP contribution in [0.1, 0.15) is 41.7 Å². The van der Waals surface area contributed by atoms with Crippen molar-refractivity contribution < 1.29 is 22.7 Å². The van der Waals surface area contributed by atoms with Crippen LogP contribution in [0.15, 0.2) is 43.0 Å². The Kier molecular flexibility index (Phi) is 8.99. The summed E-state index contributed by atoms with van der Waals surface area (Å²) in [6, 6.07) is 8.55. The number of aromatic nitrogens is 3. The van der Waals surface area contributed by atoms with E-state index in [-0.39, 0.29) is 52.0 Å². The van der Waals surface area contributed by atoms with Crippen molar-refractivity contribution in [1.82, 2.24) is 24.8 Å². The topological polar surface area (TPSA) is 101 Å². The molecule has 0 bridgehead atoms. The number of fused-ring (bicyclic) bond motifs is 2. The zero-order valence-electron chi connectivity index (χ0n) is 27.3. The first-order valence-electron chi connectivity index (χ1n) is 15.8. The molecule has 2 N–H and O–H groups in total. The minimum Gasteiger partial charge on any atom is -0.424 e. The van der Waals surface area contributed by atoms with E-state index in [9.17, 15) is 18.0 Å². The number of piperazine rings is 1. The molecule has 0 spiro atoms. The number of rotatable bonds is 6. The molecule has 1 atom stereocenters. The number of pyridine rings is 1. The number of benzene rings is 2. The van der Waals surface area contributed by atoms with Gasteiger partial charge in [-0.2, -0.15) is 23.1 Å². The number of nitrogens with zero attached hydrogens (tertiary/aromatic N) is 6. The third-order valence-electron chi connectivity index (χ3n) is 9.11. The zero-order valence-corrected chi connectivity index (χ0v) is 28.0. The van der Waals surface area contributed by atoms with Gasteiger partial charge in [0.1, 0.15) is 17.4 Å². The van der Waals surface area contributed by atoms with E-state index in [1.165, 1.54) is 19.1 Å². The molecular formula is C35H37ClF3N7O2. The number of nitrogens with two attached hydrogens (primary N) is 1. The van der Waals surface area contributed by atoms with Gasteiger partial charge in [-0.05, 0) is 74.7 Å². The van der Waals surface area contributed by atoms with Crippen molar-refractivity contribution in [3.05, 3.63) is 75.8 Å². The van der Waals surface area contributed by atoms with Gasteiger partial charge in [0.15, 0.2) is 0 Å². The van der Waals surface area contributed by atoms with Crippen LogP contribution in [-0.2, 0) is 30.4 Å². The van der Waals surface area contributed by atoms with Crippen molar-refractivity contribution >= 4 is 40.0 Å². The number of nitrogen functional groups attached to an aromatic ring is 1. The smallest absolute Gasteiger partial charge is 0.418 e. The number of aryl methyl sites for hydroxylation is 2. The molecule has 48 heavy (non-hydrogen) atoms. The van der Waals surface area contributed by atoms with Gasteiger partial charge >= 0.3 is 12.2 Å². The summed E-state index contributed by atoms with van der Waals surface area (Å²) in [6.07, 6.45) is -2.37. The maximum Gasteiger partial charge on any atom is 0.418 e. The summed E-state index contributed by atoms with van der Waals surface area (Å²) >= 11 is 6.92. The van der Waals surface area contributed by atoms with Gasteiger partial charge in [-0.15, -0.1) is 0 Å². The summed E-state index contributed by atoms with van der Waals surface area (Å²) in [5, 5.41) is 0.615. The molecule has 0 radical (unpaired) electrons. The van der Waals surface area contributed by atoms with Crippen molar-refractivity contribution in [3.63, 3.8) is 0 Å². The maximum atomic E-state index is 14.5. The second-order valence-corrected chi connectivity index (χ2v) is 12.8. The van der Waals surface area contributed by atoms with Crippen LogP contribution < -0.4 is 15.4 Å². The SMILES string of the molecule is C=CC(=O)N1CCN(c2nc(Oc3cccc4c3CCN(C)C4)nc3c(CC)c(-c4nc(N)cc(C)c4C(F)(F)F)c(Cl)cc23)[C@@H](C)C1. The molecule has 0 aliphatic carbocycles. The summed E-state index contributed by atoms with van der Waals surface area (Å²) in [4.78, 5) is 32.4. The lowest BCUT2D eigenvalue weighted by atomic mass is 9.93. The van der Waals surface area contributed by atoms with Crippen molar-refractivity contribution in [1.29, 1.82) is 0 Å². The number of halogens is 4. The fourth-order valence-electron chi connectivity index (χ4n) is 6.87. The van der Waals surface area contributed by atoms with Crippen LogP contribution in [0.3, 0.4) is 0 Å². The molecule has 1 saturated heterocycles. The Labute approximate surface area is 282 Å². The van der Waals surface area contributed by atoms with E-state index in [1.807, 2.05) is 26.0 Å². The molecule has 4 heterocycles. The standard InChI is InChI=1S/C35H37ClF3N7O2/c1-6-22-29(32-30(35(37,38)39)19(3)15-27(40)41-32)25(36)16-24-31(22)42-34(48-26-10-8-9-21-18-44(5)12-11-23(21)26)43-33(24)46-14-13-45(17-20(46)4)28(47)7-2/h7-10,15-16,20H,2,6,11-14,17-18H2,1,3-5H3,(H2,40,41)/t20-/m0/s1. The number of amides is 1. The fourth-order valence-corrected chi connectivity index (χ4v) is 7.19. The molecule has 4 aromatic rings. The largest absolute Gasteiger partial charge is 0.424 e.